The fourth-order valence-electron chi connectivity index (χ4n) is 2.04. The molecule has 15 heavy (non-hydrogen) atoms. The summed E-state index contributed by atoms with van der Waals surface area (Å²) in [5.41, 5.74) is 2.58. The van der Waals surface area contributed by atoms with E-state index in [1.54, 1.807) is 6.07 Å². The van der Waals surface area contributed by atoms with Crippen molar-refractivity contribution in [2.75, 3.05) is 0 Å². The SMILES string of the molecule is CC1(C)CCc2ccc(C(=O)O)nc2C1. The molecule has 80 valence electrons. The summed E-state index contributed by atoms with van der Waals surface area (Å²) in [6, 6.07) is 3.50. The van der Waals surface area contributed by atoms with E-state index in [2.05, 4.69) is 18.8 Å². The van der Waals surface area contributed by atoms with Gasteiger partial charge in [0.25, 0.3) is 0 Å². The van der Waals surface area contributed by atoms with E-state index in [1.807, 2.05) is 6.07 Å². The number of hydrogen-bond donors (Lipinski definition) is 1. The number of pyridine rings is 1. The summed E-state index contributed by atoms with van der Waals surface area (Å²) < 4.78 is 0. The van der Waals surface area contributed by atoms with Crippen molar-refractivity contribution in [1.82, 2.24) is 4.98 Å². The van der Waals surface area contributed by atoms with Gasteiger partial charge in [0.15, 0.2) is 0 Å². The Labute approximate surface area is 89.2 Å². The number of aromatic carboxylic acids is 1. The van der Waals surface area contributed by atoms with Gasteiger partial charge >= 0.3 is 5.97 Å². The standard InChI is InChI=1S/C12H15NO2/c1-12(2)6-5-8-3-4-9(11(14)15)13-10(8)7-12/h3-4H,5-7H2,1-2H3,(H,14,15). The molecule has 1 aromatic heterocycles. The van der Waals surface area contributed by atoms with Gasteiger partial charge in [-0.15, -0.1) is 0 Å². The second-order valence-electron chi connectivity index (χ2n) is 4.95. The van der Waals surface area contributed by atoms with Crippen LogP contribution >= 0.6 is 0 Å². The molecule has 0 spiro atoms. The first-order valence-electron chi connectivity index (χ1n) is 5.20. The third-order valence-electron chi connectivity index (χ3n) is 3.00. The van der Waals surface area contributed by atoms with Crippen LogP contribution in [0.5, 0.6) is 0 Å². The Morgan fingerprint density at radius 2 is 2.20 bits per heavy atom. The van der Waals surface area contributed by atoms with Crippen molar-refractivity contribution < 1.29 is 9.90 Å². The van der Waals surface area contributed by atoms with Crippen LogP contribution in [0.15, 0.2) is 12.1 Å². The van der Waals surface area contributed by atoms with Crippen molar-refractivity contribution in [3.05, 3.63) is 29.1 Å². The fraction of sp³-hybridized carbons (Fsp3) is 0.500. The minimum atomic E-state index is -0.943. The monoisotopic (exact) mass is 205 g/mol. The van der Waals surface area contributed by atoms with Gasteiger partial charge in [0.1, 0.15) is 5.69 Å². The molecule has 0 bridgehead atoms. The molecule has 0 unspecified atom stereocenters. The van der Waals surface area contributed by atoms with Gasteiger partial charge in [-0.1, -0.05) is 19.9 Å². The molecule has 0 saturated heterocycles. The Hall–Kier alpha value is -1.38. The molecule has 3 heteroatoms. The number of carbonyl (C=O) groups is 1. The highest BCUT2D eigenvalue weighted by molar-refractivity contribution is 5.85. The van der Waals surface area contributed by atoms with Crippen LogP contribution in [-0.2, 0) is 12.8 Å². The van der Waals surface area contributed by atoms with Crippen LogP contribution in [0.2, 0.25) is 0 Å². The van der Waals surface area contributed by atoms with Gasteiger partial charge in [-0.05, 0) is 36.3 Å². The Morgan fingerprint density at radius 1 is 1.47 bits per heavy atom. The number of aromatic nitrogens is 1. The molecule has 1 aromatic rings. The molecule has 1 aliphatic rings. The maximum Gasteiger partial charge on any atom is 0.354 e. The van der Waals surface area contributed by atoms with E-state index >= 15 is 0 Å². The van der Waals surface area contributed by atoms with Gasteiger partial charge in [0, 0.05) is 5.69 Å². The van der Waals surface area contributed by atoms with E-state index in [1.165, 1.54) is 5.56 Å². The minimum Gasteiger partial charge on any atom is -0.477 e. The largest absolute Gasteiger partial charge is 0.477 e. The molecular weight excluding hydrogens is 190 g/mol. The zero-order valence-corrected chi connectivity index (χ0v) is 9.08. The zero-order chi connectivity index (χ0) is 11.1. The number of fused-ring (bicyclic) bond motifs is 1. The lowest BCUT2D eigenvalue weighted by molar-refractivity contribution is 0.0689. The minimum absolute atomic E-state index is 0.159. The van der Waals surface area contributed by atoms with Crippen molar-refractivity contribution >= 4 is 5.97 Å². The maximum atomic E-state index is 10.8. The van der Waals surface area contributed by atoms with Crippen LogP contribution < -0.4 is 0 Å². The number of rotatable bonds is 1. The normalized spacial score (nSPS) is 18.3. The lowest BCUT2D eigenvalue weighted by atomic mass is 9.76. The Bertz CT molecular complexity index is 410. The molecule has 0 amide bonds. The zero-order valence-electron chi connectivity index (χ0n) is 9.08. The summed E-state index contributed by atoms with van der Waals surface area (Å²) >= 11 is 0. The summed E-state index contributed by atoms with van der Waals surface area (Å²) in [5, 5.41) is 8.85. The van der Waals surface area contributed by atoms with Crippen LogP contribution in [0.25, 0.3) is 0 Å². The molecule has 0 radical (unpaired) electrons. The third-order valence-corrected chi connectivity index (χ3v) is 3.00. The lowest BCUT2D eigenvalue weighted by Gasteiger charge is -2.30. The fourth-order valence-corrected chi connectivity index (χ4v) is 2.04. The molecule has 1 aliphatic carbocycles. The first-order valence-corrected chi connectivity index (χ1v) is 5.20. The van der Waals surface area contributed by atoms with Crippen molar-refractivity contribution in [1.29, 1.82) is 0 Å². The van der Waals surface area contributed by atoms with Gasteiger partial charge in [-0.3, -0.25) is 0 Å². The molecule has 0 saturated carbocycles. The molecule has 1 heterocycles. The molecule has 1 N–H and O–H groups in total. The predicted octanol–water partition coefficient (Wildman–Crippen LogP) is 2.29. The molecular formula is C12H15NO2. The van der Waals surface area contributed by atoms with E-state index in [9.17, 15) is 4.79 Å². The van der Waals surface area contributed by atoms with Crippen LogP contribution in [0, 0.1) is 5.41 Å². The average molecular weight is 205 g/mol. The van der Waals surface area contributed by atoms with E-state index in [0.29, 0.717) is 0 Å². The first kappa shape index (κ1) is 10.1. The van der Waals surface area contributed by atoms with Crippen LogP contribution in [-0.4, -0.2) is 16.1 Å². The highest BCUT2D eigenvalue weighted by Gasteiger charge is 2.26. The Balaban J connectivity index is 2.39. The second-order valence-corrected chi connectivity index (χ2v) is 4.95. The number of carboxylic acids is 1. The average Bonchev–Trinajstić information content (AvgIpc) is 2.15. The van der Waals surface area contributed by atoms with E-state index in [4.69, 9.17) is 5.11 Å². The van der Waals surface area contributed by atoms with E-state index < -0.39 is 5.97 Å². The number of hydrogen-bond acceptors (Lipinski definition) is 2. The Morgan fingerprint density at radius 3 is 2.87 bits per heavy atom. The molecule has 2 rings (SSSR count). The second kappa shape index (κ2) is 3.33. The van der Waals surface area contributed by atoms with Crippen LogP contribution in [0.1, 0.15) is 42.0 Å². The number of carboxylic acid groups (broad SMARTS) is 1. The quantitative estimate of drug-likeness (QED) is 0.765. The van der Waals surface area contributed by atoms with Crippen molar-refractivity contribution in [3.8, 4) is 0 Å². The predicted molar refractivity (Wildman–Crippen MR) is 57.0 cm³/mol. The highest BCUT2D eigenvalue weighted by Crippen LogP contribution is 2.33. The molecule has 0 atom stereocenters. The third kappa shape index (κ3) is 2.01. The van der Waals surface area contributed by atoms with Crippen molar-refractivity contribution in [2.24, 2.45) is 5.41 Å². The summed E-state index contributed by atoms with van der Waals surface area (Å²) in [5.74, 6) is -0.943. The van der Waals surface area contributed by atoms with Gasteiger partial charge in [-0.25, -0.2) is 9.78 Å². The van der Waals surface area contributed by atoms with Crippen LogP contribution in [0.4, 0.5) is 0 Å². The van der Waals surface area contributed by atoms with Gasteiger partial charge in [0.2, 0.25) is 0 Å². The topological polar surface area (TPSA) is 50.2 Å². The smallest absolute Gasteiger partial charge is 0.354 e. The van der Waals surface area contributed by atoms with Gasteiger partial charge < -0.3 is 5.11 Å². The Kier molecular flexibility index (Phi) is 2.25. The summed E-state index contributed by atoms with van der Waals surface area (Å²) in [6.45, 7) is 4.40. The molecule has 0 aromatic carbocycles. The van der Waals surface area contributed by atoms with Crippen LogP contribution in [0.3, 0.4) is 0 Å². The molecule has 0 aliphatic heterocycles. The highest BCUT2D eigenvalue weighted by atomic mass is 16.4. The first-order chi connectivity index (χ1) is 6.98. The summed E-state index contributed by atoms with van der Waals surface area (Å²) in [4.78, 5) is 15.0. The van der Waals surface area contributed by atoms with E-state index in [-0.39, 0.29) is 11.1 Å². The van der Waals surface area contributed by atoms with Crippen molar-refractivity contribution in [3.63, 3.8) is 0 Å². The summed E-state index contributed by atoms with van der Waals surface area (Å²) in [7, 11) is 0. The maximum absolute atomic E-state index is 10.8. The van der Waals surface area contributed by atoms with E-state index in [0.717, 1.165) is 25.0 Å². The lowest BCUT2D eigenvalue weighted by Crippen LogP contribution is -2.24. The molecule has 0 fully saturated rings. The number of nitrogens with zero attached hydrogens (tertiary/aromatic N) is 1. The number of aryl methyl sites for hydroxylation is 1. The summed E-state index contributed by atoms with van der Waals surface area (Å²) in [6.07, 6.45) is 3.03. The molecule has 3 nitrogen and oxygen atoms in total. The van der Waals surface area contributed by atoms with Crippen molar-refractivity contribution in [2.45, 2.75) is 33.1 Å². The van der Waals surface area contributed by atoms with Gasteiger partial charge in [0.05, 0.1) is 0 Å². The van der Waals surface area contributed by atoms with Gasteiger partial charge in [-0.2, -0.15) is 0 Å².